The van der Waals surface area contributed by atoms with Gasteiger partial charge in [-0.05, 0) is 49.4 Å². The first kappa shape index (κ1) is 20.9. The number of pyridine rings is 1. The third-order valence-corrected chi connectivity index (χ3v) is 5.65. The van der Waals surface area contributed by atoms with E-state index in [1.165, 1.54) is 0 Å². The molecule has 2 aromatic heterocycles. The van der Waals surface area contributed by atoms with Gasteiger partial charge in [-0.15, -0.1) is 0 Å². The molecular formula is C23H18Cl3N3O. The number of aliphatic hydroxyl groups excluding tert-OH is 1. The van der Waals surface area contributed by atoms with E-state index in [0.717, 1.165) is 22.5 Å². The molecule has 4 aromatic rings. The molecule has 4 rings (SSSR count). The summed E-state index contributed by atoms with van der Waals surface area (Å²) in [4.78, 5) is 4.31. The summed E-state index contributed by atoms with van der Waals surface area (Å²) >= 11 is 18.6. The van der Waals surface area contributed by atoms with Crippen LogP contribution in [0.1, 0.15) is 23.1 Å². The summed E-state index contributed by atoms with van der Waals surface area (Å²) in [7, 11) is 0. The van der Waals surface area contributed by atoms with E-state index < -0.39 is 6.10 Å². The number of halogens is 3. The molecule has 30 heavy (non-hydrogen) atoms. The standard InChI is InChI=1S/C23H18Cl3N3O/c1-14-22(21(30)13-18-4-2-3-11-27-18)28-29(20-10-9-17(25)12-19(20)26)23(14)15-5-7-16(24)8-6-15/h2-12,21,30H,13H2,1H3. The number of nitrogens with zero attached hydrogens (tertiary/aromatic N) is 3. The van der Waals surface area contributed by atoms with Crippen LogP contribution in [0.4, 0.5) is 0 Å². The van der Waals surface area contributed by atoms with Gasteiger partial charge in [0, 0.05) is 39.5 Å². The molecule has 0 aliphatic carbocycles. The minimum atomic E-state index is -0.821. The second-order valence-corrected chi connectivity index (χ2v) is 8.19. The Bertz CT molecular complexity index is 1170. The van der Waals surface area contributed by atoms with Crippen LogP contribution in [0.5, 0.6) is 0 Å². The number of aliphatic hydroxyl groups is 1. The number of aromatic nitrogens is 3. The van der Waals surface area contributed by atoms with Crippen LogP contribution in [-0.2, 0) is 6.42 Å². The number of hydrogen-bond acceptors (Lipinski definition) is 3. The van der Waals surface area contributed by atoms with Crippen LogP contribution in [0, 0.1) is 6.92 Å². The molecule has 0 amide bonds. The van der Waals surface area contributed by atoms with Gasteiger partial charge in [0.25, 0.3) is 0 Å². The lowest BCUT2D eigenvalue weighted by atomic mass is 10.0. The lowest BCUT2D eigenvalue weighted by Gasteiger charge is -2.11. The summed E-state index contributed by atoms with van der Waals surface area (Å²) in [5, 5.41) is 17.3. The molecule has 0 fully saturated rings. The lowest BCUT2D eigenvalue weighted by molar-refractivity contribution is 0.171. The molecule has 2 heterocycles. The quantitative estimate of drug-likeness (QED) is 0.372. The molecule has 1 N–H and O–H groups in total. The van der Waals surface area contributed by atoms with E-state index in [4.69, 9.17) is 39.9 Å². The normalized spacial score (nSPS) is 12.2. The van der Waals surface area contributed by atoms with Crippen molar-refractivity contribution in [3.8, 4) is 16.9 Å². The maximum atomic E-state index is 11.0. The van der Waals surface area contributed by atoms with E-state index in [9.17, 15) is 5.11 Å². The fourth-order valence-electron chi connectivity index (χ4n) is 3.42. The largest absolute Gasteiger partial charge is 0.386 e. The Hall–Kier alpha value is -2.37. The van der Waals surface area contributed by atoms with Gasteiger partial charge in [0.1, 0.15) is 6.10 Å². The third kappa shape index (κ3) is 4.23. The Morgan fingerprint density at radius 3 is 2.37 bits per heavy atom. The summed E-state index contributed by atoms with van der Waals surface area (Å²) in [5.74, 6) is 0. The summed E-state index contributed by atoms with van der Waals surface area (Å²) in [6.45, 7) is 1.94. The van der Waals surface area contributed by atoms with Crippen molar-refractivity contribution in [2.45, 2.75) is 19.4 Å². The van der Waals surface area contributed by atoms with Gasteiger partial charge in [0.2, 0.25) is 0 Å². The van der Waals surface area contributed by atoms with Crippen LogP contribution in [0.15, 0.2) is 66.9 Å². The maximum Gasteiger partial charge on any atom is 0.104 e. The smallest absolute Gasteiger partial charge is 0.104 e. The van der Waals surface area contributed by atoms with Crippen molar-refractivity contribution in [1.29, 1.82) is 0 Å². The van der Waals surface area contributed by atoms with Gasteiger partial charge in [-0.2, -0.15) is 5.10 Å². The van der Waals surface area contributed by atoms with Gasteiger partial charge in [-0.1, -0.05) is 53.0 Å². The number of rotatable bonds is 5. The zero-order valence-corrected chi connectivity index (χ0v) is 18.3. The fraction of sp³-hybridized carbons (Fsp3) is 0.130. The molecule has 152 valence electrons. The van der Waals surface area contributed by atoms with E-state index in [2.05, 4.69) is 4.98 Å². The molecule has 1 unspecified atom stereocenters. The molecule has 0 bridgehead atoms. The Morgan fingerprint density at radius 1 is 0.967 bits per heavy atom. The van der Waals surface area contributed by atoms with Gasteiger partial charge < -0.3 is 5.11 Å². The Morgan fingerprint density at radius 2 is 1.70 bits per heavy atom. The van der Waals surface area contributed by atoms with Crippen molar-refractivity contribution in [1.82, 2.24) is 14.8 Å². The predicted molar refractivity (Wildman–Crippen MR) is 122 cm³/mol. The molecule has 0 spiro atoms. The van der Waals surface area contributed by atoms with Crippen LogP contribution in [0.2, 0.25) is 15.1 Å². The monoisotopic (exact) mass is 457 g/mol. The highest BCUT2D eigenvalue weighted by molar-refractivity contribution is 6.35. The number of benzene rings is 2. The molecule has 7 heteroatoms. The van der Waals surface area contributed by atoms with Crippen molar-refractivity contribution < 1.29 is 5.11 Å². The van der Waals surface area contributed by atoms with Crippen LogP contribution >= 0.6 is 34.8 Å². The highest BCUT2D eigenvalue weighted by atomic mass is 35.5. The van der Waals surface area contributed by atoms with Crippen LogP contribution in [-0.4, -0.2) is 19.9 Å². The SMILES string of the molecule is Cc1c(C(O)Cc2ccccn2)nn(-c2ccc(Cl)cc2Cl)c1-c1ccc(Cl)cc1. The minimum absolute atomic E-state index is 0.354. The van der Waals surface area contributed by atoms with E-state index >= 15 is 0 Å². The van der Waals surface area contributed by atoms with Crippen LogP contribution < -0.4 is 0 Å². The predicted octanol–water partition coefficient (Wildman–Crippen LogP) is 6.48. The average molecular weight is 459 g/mol. The molecule has 0 aliphatic rings. The maximum absolute atomic E-state index is 11.0. The van der Waals surface area contributed by atoms with E-state index in [-0.39, 0.29) is 0 Å². The molecule has 0 aliphatic heterocycles. The summed E-state index contributed by atoms with van der Waals surface area (Å²) in [6, 6.07) is 18.3. The lowest BCUT2D eigenvalue weighted by Crippen LogP contribution is -2.06. The molecule has 1 atom stereocenters. The van der Waals surface area contributed by atoms with E-state index in [1.807, 2.05) is 55.5 Å². The molecule has 4 nitrogen and oxygen atoms in total. The Balaban J connectivity index is 1.85. The van der Waals surface area contributed by atoms with Crippen LogP contribution in [0.3, 0.4) is 0 Å². The second-order valence-electron chi connectivity index (χ2n) is 6.91. The Labute approximate surface area is 189 Å². The van der Waals surface area contributed by atoms with Gasteiger partial charge in [0.15, 0.2) is 0 Å². The Kier molecular flexibility index (Phi) is 6.11. The van der Waals surface area contributed by atoms with E-state index in [0.29, 0.717) is 32.9 Å². The topological polar surface area (TPSA) is 50.9 Å². The zero-order valence-electron chi connectivity index (χ0n) is 16.1. The van der Waals surface area contributed by atoms with Crippen molar-refractivity contribution in [2.75, 3.05) is 0 Å². The third-order valence-electron chi connectivity index (χ3n) is 4.86. The second kappa shape index (κ2) is 8.78. The highest BCUT2D eigenvalue weighted by Gasteiger charge is 2.23. The van der Waals surface area contributed by atoms with Crippen molar-refractivity contribution >= 4 is 34.8 Å². The van der Waals surface area contributed by atoms with Crippen LogP contribution in [0.25, 0.3) is 16.9 Å². The van der Waals surface area contributed by atoms with Gasteiger partial charge >= 0.3 is 0 Å². The first-order valence-electron chi connectivity index (χ1n) is 9.33. The average Bonchev–Trinajstić information content (AvgIpc) is 3.06. The minimum Gasteiger partial charge on any atom is -0.386 e. The van der Waals surface area contributed by atoms with Crippen molar-refractivity contribution in [3.05, 3.63) is 98.9 Å². The molecular weight excluding hydrogens is 441 g/mol. The van der Waals surface area contributed by atoms with Gasteiger partial charge in [-0.3, -0.25) is 4.98 Å². The van der Waals surface area contributed by atoms with Gasteiger partial charge in [-0.25, -0.2) is 4.68 Å². The molecule has 0 saturated heterocycles. The zero-order chi connectivity index (χ0) is 21.3. The molecule has 0 radical (unpaired) electrons. The van der Waals surface area contributed by atoms with E-state index in [1.54, 1.807) is 23.0 Å². The van der Waals surface area contributed by atoms with Gasteiger partial charge in [0.05, 0.1) is 22.1 Å². The molecule has 2 aromatic carbocycles. The summed E-state index contributed by atoms with van der Waals surface area (Å²) in [6.07, 6.45) is 1.24. The summed E-state index contributed by atoms with van der Waals surface area (Å²) < 4.78 is 1.74. The fourth-order valence-corrected chi connectivity index (χ4v) is 4.03. The summed E-state index contributed by atoms with van der Waals surface area (Å²) in [5.41, 5.74) is 4.61. The van der Waals surface area contributed by atoms with Crippen molar-refractivity contribution in [3.63, 3.8) is 0 Å². The van der Waals surface area contributed by atoms with Crippen molar-refractivity contribution in [2.24, 2.45) is 0 Å². The first-order chi connectivity index (χ1) is 14.4. The highest BCUT2D eigenvalue weighted by Crippen LogP contribution is 2.35. The number of hydrogen-bond donors (Lipinski definition) is 1. The molecule has 0 saturated carbocycles. The first-order valence-corrected chi connectivity index (χ1v) is 10.5.